The molecule has 1 heterocycles. The van der Waals surface area contributed by atoms with Gasteiger partial charge in [0.1, 0.15) is 6.04 Å². The molecular formula is C25H30N4O2. The Morgan fingerprint density at radius 2 is 1.71 bits per heavy atom. The highest BCUT2D eigenvalue weighted by atomic mass is 16.2. The lowest BCUT2D eigenvalue weighted by molar-refractivity contribution is -0.130. The van der Waals surface area contributed by atoms with E-state index in [1.54, 1.807) is 0 Å². The molecule has 1 aliphatic rings. The first-order valence-corrected chi connectivity index (χ1v) is 10.9. The van der Waals surface area contributed by atoms with E-state index in [0.29, 0.717) is 12.0 Å². The maximum atomic E-state index is 13.1. The van der Waals surface area contributed by atoms with E-state index in [4.69, 9.17) is 5.26 Å². The average Bonchev–Trinajstić information content (AvgIpc) is 2.78. The number of benzene rings is 2. The molecule has 0 bridgehead atoms. The number of anilines is 1. The molecule has 6 nitrogen and oxygen atoms in total. The Kier molecular flexibility index (Phi) is 7.66. The summed E-state index contributed by atoms with van der Waals surface area (Å²) >= 11 is 0. The van der Waals surface area contributed by atoms with Crippen molar-refractivity contribution in [2.24, 2.45) is 5.92 Å². The molecule has 0 aromatic heterocycles. The Balaban J connectivity index is 1.60. The lowest BCUT2D eigenvalue weighted by Crippen LogP contribution is -2.48. The third-order valence-electron chi connectivity index (χ3n) is 5.50. The lowest BCUT2D eigenvalue weighted by Gasteiger charge is -2.34. The second-order valence-corrected chi connectivity index (χ2v) is 8.44. The SMILES string of the molecule is CC(C)CC(=O)NC(C(=O)NC1CCN(c2ccc(C#N)cc2)CC1)c1ccccc1. The number of nitriles is 1. The van der Waals surface area contributed by atoms with Crippen LogP contribution in [0.2, 0.25) is 0 Å². The zero-order chi connectivity index (χ0) is 22.2. The molecule has 0 aliphatic carbocycles. The Hall–Kier alpha value is -3.33. The van der Waals surface area contributed by atoms with Gasteiger partial charge in [0, 0.05) is 31.2 Å². The van der Waals surface area contributed by atoms with Crippen molar-refractivity contribution in [1.29, 1.82) is 5.26 Å². The quantitative estimate of drug-likeness (QED) is 0.720. The fourth-order valence-electron chi connectivity index (χ4n) is 3.85. The summed E-state index contributed by atoms with van der Waals surface area (Å²) in [6, 6.07) is 18.5. The first-order chi connectivity index (χ1) is 15.0. The van der Waals surface area contributed by atoms with E-state index in [2.05, 4.69) is 21.6 Å². The van der Waals surface area contributed by atoms with Crippen LogP contribution in [0.5, 0.6) is 0 Å². The summed E-state index contributed by atoms with van der Waals surface area (Å²) in [5.41, 5.74) is 2.52. The van der Waals surface area contributed by atoms with E-state index >= 15 is 0 Å². The molecule has 1 aliphatic heterocycles. The van der Waals surface area contributed by atoms with Crippen molar-refractivity contribution in [2.75, 3.05) is 18.0 Å². The topological polar surface area (TPSA) is 85.2 Å². The van der Waals surface area contributed by atoms with Gasteiger partial charge in [0.2, 0.25) is 11.8 Å². The first kappa shape index (κ1) is 22.4. The molecule has 6 heteroatoms. The number of hydrogen-bond donors (Lipinski definition) is 2. The maximum Gasteiger partial charge on any atom is 0.247 e. The number of carbonyl (C=O) groups is 2. The molecule has 1 saturated heterocycles. The van der Waals surface area contributed by atoms with Crippen LogP contribution in [0.3, 0.4) is 0 Å². The summed E-state index contributed by atoms with van der Waals surface area (Å²) in [6.45, 7) is 5.62. The molecule has 2 amide bonds. The van der Waals surface area contributed by atoms with Crippen molar-refractivity contribution in [3.8, 4) is 6.07 Å². The van der Waals surface area contributed by atoms with Crippen molar-refractivity contribution >= 4 is 17.5 Å². The summed E-state index contributed by atoms with van der Waals surface area (Å²) in [5, 5.41) is 15.0. The van der Waals surface area contributed by atoms with Crippen LogP contribution in [0.25, 0.3) is 0 Å². The van der Waals surface area contributed by atoms with Gasteiger partial charge in [-0.1, -0.05) is 44.2 Å². The normalized spacial score (nSPS) is 15.2. The second-order valence-electron chi connectivity index (χ2n) is 8.44. The van der Waals surface area contributed by atoms with Gasteiger partial charge in [-0.2, -0.15) is 5.26 Å². The Morgan fingerprint density at radius 3 is 2.29 bits per heavy atom. The Morgan fingerprint density at radius 1 is 1.06 bits per heavy atom. The fourth-order valence-corrected chi connectivity index (χ4v) is 3.85. The zero-order valence-electron chi connectivity index (χ0n) is 18.2. The maximum absolute atomic E-state index is 13.1. The molecule has 162 valence electrons. The van der Waals surface area contributed by atoms with Gasteiger partial charge in [-0.25, -0.2) is 0 Å². The molecular weight excluding hydrogens is 388 g/mol. The molecule has 0 radical (unpaired) electrons. The van der Waals surface area contributed by atoms with Gasteiger partial charge in [-0.3, -0.25) is 9.59 Å². The molecule has 0 spiro atoms. The monoisotopic (exact) mass is 418 g/mol. The Labute approximate surface area is 184 Å². The summed E-state index contributed by atoms with van der Waals surface area (Å²) in [4.78, 5) is 27.7. The van der Waals surface area contributed by atoms with Crippen LogP contribution in [0.15, 0.2) is 54.6 Å². The predicted octanol–water partition coefficient (Wildman–Crippen LogP) is 3.55. The molecule has 2 aromatic carbocycles. The van der Waals surface area contributed by atoms with Crippen molar-refractivity contribution in [1.82, 2.24) is 10.6 Å². The first-order valence-electron chi connectivity index (χ1n) is 10.9. The number of amides is 2. The van der Waals surface area contributed by atoms with Crippen LogP contribution < -0.4 is 15.5 Å². The van der Waals surface area contributed by atoms with E-state index in [1.165, 1.54) is 0 Å². The number of rotatable bonds is 7. The molecule has 2 N–H and O–H groups in total. The molecule has 31 heavy (non-hydrogen) atoms. The minimum atomic E-state index is -0.691. The Bertz CT molecular complexity index is 911. The number of nitrogens with zero attached hydrogens (tertiary/aromatic N) is 2. The highest BCUT2D eigenvalue weighted by molar-refractivity contribution is 5.88. The van der Waals surface area contributed by atoms with Gasteiger partial charge in [-0.05, 0) is 48.6 Å². The van der Waals surface area contributed by atoms with Crippen LogP contribution in [0.4, 0.5) is 5.69 Å². The summed E-state index contributed by atoms with van der Waals surface area (Å²) in [6.07, 6.45) is 2.04. The van der Waals surface area contributed by atoms with Crippen LogP contribution in [-0.4, -0.2) is 30.9 Å². The highest BCUT2D eigenvalue weighted by Gasteiger charge is 2.27. The van der Waals surface area contributed by atoms with Crippen molar-refractivity contribution < 1.29 is 9.59 Å². The molecule has 3 rings (SSSR count). The molecule has 2 aromatic rings. The average molecular weight is 419 g/mol. The van der Waals surface area contributed by atoms with Crippen LogP contribution >= 0.6 is 0 Å². The summed E-state index contributed by atoms with van der Waals surface area (Å²) in [7, 11) is 0. The zero-order valence-corrected chi connectivity index (χ0v) is 18.2. The van der Waals surface area contributed by atoms with Crippen molar-refractivity contribution in [3.05, 3.63) is 65.7 Å². The van der Waals surface area contributed by atoms with E-state index in [1.807, 2.05) is 68.4 Å². The van der Waals surface area contributed by atoms with E-state index < -0.39 is 6.04 Å². The molecule has 1 fully saturated rings. The third-order valence-corrected chi connectivity index (χ3v) is 5.50. The van der Waals surface area contributed by atoms with Crippen molar-refractivity contribution in [2.45, 2.75) is 45.2 Å². The molecule has 1 atom stereocenters. The summed E-state index contributed by atoms with van der Waals surface area (Å²) in [5.74, 6) is -0.0548. The largest absolute Gasteiger partial charge is 0.371 e. The van der Waals surface area contributed by atoms with Gasteiger partial charge >= 0.3 is 0 Å². The van der Waals surface area contributed by atoms with Crippen LogP contribution in [-0.2, 0) is 9.59 Å². The van der Waals surface area contributed by atoms with Gasteiger partial charge in [0.25, 0.3) is 0 Å². The minimum Gasteiger partial charge on any atom is -0.371 e. The van der Waals surface area contributed by atoms with Crippen LogP contribution in [0.1, 0.15) is 50.3 Å². The molecule has 0 saturated carbocycles. The van der Waals surface area contributed by atoms with E-state index in [-0.39, 0.29) is 23.8 Å². The van der Waals surface area contributed by atoms with E-state index in [9.17, 15) is 9.59 Å². The van der Waals surface area contributed by atoms with E-state index in [0.717, 1.165) is 37.2 Å². The fraction of sp³-hybridized carbons (Fsp3) is 0.400. The number of hydrogen-bond acceptors (Lipinski definition) is 4. The highest BCUT2D eigenvalue weighted by Crippen LogP contribution is 2.21. The minimum absolute atomic E-state index is 0.0651. The van der Waals surface area contributed by atoms with Crippen LogP contribution in [0, 0.1) is 17.2 Å². The third kappa shape index (κ3) is 6.32. The van der Waals surface area contributed by atoms with Gasteiger partial charge in [-0.15, -0.1) is 0 Å². The summed E-state index contributed by atoms with van der Waals surface area (Å²) < 4.78 is 0. The number of piperidine rings is 1. The predicted molar refractivity (Wildman–Crippen MR) is 121 cm³/mol. The van der Waals surface area contributed by atoms with Crippen molar-refractivity contribution in [3.63, 3.8) is 0 Å². The number of carbonyl (C=O) groups excluding carboxylic acids is 2. The smallest absolute Gasteiger partial charge is 0.247 e. The van der Waals surface area contributed by atoms with Gasteiger partial charge in [0.15, 0.2) is 0 Å². The number of nitrogens with one attached hydrogen (secondary N) is 2. The second kappa shape index (κ2) is 10.6. The lowest BCUT2D eigenvalue weighted by atomic mass is 10.0. The van der Waals surface area contributed by atoms with Gasteiger partial charge in [0.05, 0.1) is 11.6 Å². The molecule has 1 unspecified atom stereocenters. The van der Waals surface area contributed by atoms with Gasteiger partial charge < -0.3 is 15.5 Å². The standard InChI is InChI=1S/C25H30N4O2/c1-18(2)16-23(30)28-24(20-6-4-3-5-7-20)25(31)27-21-12-14-29(15-13-21)22-10-8-19(17-26)9-11-22/h3-11,18,21,24H,12-16H2,1-2H3,(H,27,31)(H,28,30).